The highest BCUT2D eigenvalue weighted by Crippen LogP contribution is 2.40. The second kappa shape index (κ2) is 4.87. The number of aromatic nitrogens is 1. The summed E-state index contributed by atoms with van der Waals surface area (Å²) < 4.78 is 52.9. The molecule has 1 amide bonds. The van der Waals surface area contributed by atoms with Gasteiger partial charge in [-0.3, -0.25) is 4.79 Å². The summed E-state index contributed by atoms with van der Waals surface area (Å²) in [7, 11) is 0. The third kappa shape index (κ3) is 2.45. The summed E-state index contributed by atoms with van der Waals surface area (Å²) in [6.07, 6.45) is -3.64. The van der Waals surface area contributed by atoms with Gasteiger partial charge in [-0.05, 0) is 31.2 Å². The molecule has 0 aliphatic carbocycles. The van der Waals surface area contributed by atoms with Gasteiger partial charge in [-0.15, -0.1) is 0 Å². The monoisotopic (exact) mass is 325 g/mol. The van der Waals surface area contributed by atoms with E-state index in [0.717, 1.165) is 18.2 Å². The maximum absolute atomic E-state index is 13.4. The Morgan fingerprint density at radius 3 is 2.61 bits per heavy atom. The van der Waals surface area contributed by atoms with Crippen LogP contribution < -0.4 is 11.1 Å². The maximum Gasteiger partial charge on any atom is 0.420 e. The quantitative estimate of drug-likeness (QED) is 0.554. The van der Waals surface area contributed by atoms with E-state index in [0.29, 0.717) is 5.69 Å². The molecular weight excluding hydrogens is 314 g/mol. The molecule has 1 aromatic carbocycles. The van der Waals surface area contributed by atoms with Gasteiger partial charge < -0.3 is 16.0 Å². The Morgan fingerprint density at radius 2 is 1.96 bits per heavy atom. The summed E-state index contributed by atoms with van der Waals surface area (Å²) >= 11 is 0. The molecule has 0 fully saturated rings. The summed E-state index contributed by atoms with van der Waals surface area (Å²) in [5, 5.41) is 2.47. The van der Waals surface area contributed by atoms with Crippen molar-refractivity contribution in [2.45, 2.75) is 13.1 Å². The number of benzene rings is 1. The molecule has 0 saturated carbocycles. The summed E-state index contributed by atoms with van der Waals surface area (Å²) in [4.78, 5) is 14.5. The maximum atomic E-state index is 13.4. The van der Waals surface area contributed by atoms with Crippen molar-refractivity contribution in [1.29, 1.82) is 0 Å². The molecule has 0 atom stereocenters. The topological polar surface area (TPSA) is 70.9 Å². The number of amides is 1. The highest BCUT2D eigenvalue weighted by Gasteiger charge is 2.38. The van der Waals surface area contributed by atoms with E-state index in [9.17, 15) is 22.4 Å². The standard InChI is InChI=1S/C15H11F4N3O/c1-6-13(20)12(15(17,18)19)11(21-6)5-9-8-4-7(16)2-3-10(8)22-14(9)23/h2-5,21H,20H2,1H3,(H,22,23)/b9-5-. The molecule has 0 spiro atoms. The Kier molecular flexibility index (Phi) is 3.20. The predicted molar refractivity (Wildman–Crippen MR) is 77.8 cm³/mol. The average Bonchev–Trinajstić information content (AvgIpc) is 2.88. The van der Waals surface area contributed by atoms with Crippen LogP contribution in [0, 0.1) is 12.7 Å². The third-order valence-corrected chi connectivity index (χ3v) is 3.60. The number of rotatable bonds is 1. The summed E-state index contributed by atoms with van der Waals surface area (Å²) in [6, 6.07) is 3.59. The molecule has 2 heterocycles. The minimum atomic E-state index is -4.68. The number of carbonyl (C=O) groups excluding carboxylic acids is 1. The number of carbonyl (C=O) groups is 1. The number of H-pyrrole nitrogens is 1. The van der Waals surface area contributed by atoms with Crippen molar-refractivity contribution in [3.63, 3.8) is 0 Å². The molecule has 0 bridgehead atoms. The fourth-order valence-electron chi connectivity index (χ4n) is 2.53. The first-order chi connectivity index (χ1) is 10.7. The third-order valence-electron chi connectivity index (χ3n) is 3.60. The van der Waals surface area contributed by atoms with Crippen LogP contribution in [-0.2, 0) is 11.0 Å². The number of aromatic amines is 1. The summed E-state index contributed by atoms with van der Waals surface area (Å²) in [5.41, 5.74) is 4.29. The zero-order chi connectivity index (χ0) is 16.9. The van der Waals surface area contributed by atoms with Gasteiger partial charge in [0.25, 0.3) is 5.91 Å². The van der Waals surface area contributed by atoms with E-state index in [4.69, 9.17) is 5.73 Å². The number of anilines is 2. The minimum absolute atomic E-state index is 0.0637. The van der Waals surface area contributed by atoms with Crippen molar-refractivity contribution >= 4 is 28.9 Å². The van der Waals surface area contributed by atoms with E-state index in [1.807, 2.05) is 0 Å². The van der Waals surface area contributed by atoms with Crippen LogP contribution in [0.4, 0.5) is 28.9 Å². The van der Waals surface area contributed by atoms with E-state index in [1.165, 1.54) is 13.0 Å². The van der Waals surface area contributed by atoms with Crippen LogP contribution in [0.25, 0.3) is 11.6 Å². The van der Waals surface area contributed by atoms with Crippen LogP contribution in [-0.4, -0.2) is 10.9 Å². The molecule has 0 saturated heterocycles. The van der Waals surface area contributed by atoms with Gasteiger partial charge in [-0.2, -0.15) is 13.2 Å². The van der Waals surface area contributed by atoms with Crippen LogP contribution in [0.2, 0.25) is 0 Å². The van der Waals surface area contributed by atoms with Gasteiger partial charge in [0.15, 0.2) is 0 Å². The zero-order valence-electron chi connectivity index (χ0n) is 11.8. The molecule has 0 radical (unpaired) electrons. The van der Waals surface area contributed by atoms with Crippen LogP contribution in [0.5, 0.6) is 0 Å². The molecule has 3 rings (SSSR count). The van der Waals surface area contributed by atoms with Gasteiger partial charge in [0.2, 0.25) is 0 Å². The normalized spacial score (nSPS) is 15.9. The zero-order valence-corrected chi connectivity index (χ0v) is 11.8. The fraction of sp³-hybridized carbons (Fsp3) is 0.133. The SMILES string of the molecule is Cc1[nH]c(/C=C2\C(=O)Nc3ccc(F)cc32)c(C(F)(F)F)c1N. The lowest BCUT2D eigenvalue weighted by atomic mass is 10.0. The van der Waals surface area contributed by atoms with Crippen LogP contribution in [0.15, 0.2) is 18.2 Å². The van der Waals surface area contributed by atoms with Crippen LogP contribution in [0.3, 0.4) is 0 Å². The van der Waals surface area contributed by atoms with Crippen molar-refractivity contribution in [3.8, 4) is 0 Å². The fourth-order valence-corrected chi connectivity index (χ4v) is 2.53. The summed E-state index contributed by atoms with van der Waals surface area (Å²) in [6.45, 7) is 1.40. The van der Waals surface area contributed by atoms with Crippen molar-refractivity contribution in [2.75, 3.05) is 11.1 Å². The minimum Gasteiger partial charge on any atom is -0.397 e. The van der Waals surface area contributed by atoms with Gasteiger partial charge in [0.05, 0.1) is 17.0 Å². The van der Waals surface area contributed by atoms with Crippen LogP contribution in [0.1, 0.15) is 22.5 Å². The number of hydrogen-bond donors (Lipinski definition) is 3. The molecule has 4 N–H and O–H groups in total. The molecule has 8 heteroatoms. The Morgan fingerprint density at radius 1 is 1.26 bits per heavy atom. The lowest BCUT2D eigenvalue weighted by Gasteiger charge is -2.07. The molecule has 4 nitrogen and oxygen atoms in total. The van der Waals surface area contributed by atoms with E-state index in [-0.39, 0.29) is 22.5 Å². The smallest absolute Gasteiger partial charge is 0.397 e. The van der Waals surface area contributed by atoms with Gasteiger partial charge in [-0.25, -0.2) is 4.39 Å². The number of fused-ring (bicyclic) bond motifs is 1. The molecule has 1 aliphatic heterocycles. The second-order valence-corrected chi connectivity index (χ2v) is 5.15. The number of nitrogens with two attached hydrogens (primary N) is 1. The average molecular weight is 325 g/mol. The molecule has 2 aromatic rings. The van der Waals surface area contributed by atoms with Crippen molar-refractivity contribution < 1.29 is 22.4 Å². The molecule has 1 aromatic heterocycles. The Labute approximate surface area is 128 Å². The Bertz CT molecular complexity index is 849. The number of alkyl halides is 3. The lowest BCUT2D eigenvalue weighted by Crippen LogP contribution is -2.09. The van der Waals surface area contributed by atoms with Crippen LogP contribution >= 0.6 is 0 Å². The van der Waals surface area contributed by atoms with E-state index in [1.54, 1.807) is 0 Å². The van der Waals surface area contributed by atoms with E-state index < -0.39 is 29.2 Å². The highest BCUT2D eigenvalue weighted by atomic mass is 19.4. The second-order valence-electron chi connectivity index (χ2n) is 5.15. The van der Waals surface area contributed by atoms with E-state index in [2.05, 4.69) is 10.3 Å². The first-order valence-corrected chi connectivity index (χ1v) is 6.56. The van der Waals surface area contributed by atoms with Gasteiger partial charge in [-0.1, -0.05) is 0 Å². The van der Waals surface area contributed by atoms with E-state index >= 15 is 0 Å². The van der Waals surface area contributed by atoms with Crippen molar-refractivity contribution in [1.82, 2.24) is 4.98 Å². The van der Waals surface area contributed by atoms with Gasteiger partial charge in [0, 0.05) is 16.9 Å². The predicted octanol–water partition coefficient (Wildman–Crippen LogP) is 3.56. The number of hydrogen-bond acceptors (Lipinski definition) is 2. The summed E-state index contributed by atoms with van der Waals surface area (Å²) in [5.74, 6) is -1.20. The molecule has 0 unspecified atom stereocenters. The lowest BCUT2D eigenvalue weighted by molar-refractivity contribution is -0.137. The molecule has 23 heavy (non-hydrogen) atoms. The Balaban J connectivity index is 2.20. The Hall–Kier alpha value is -2.77. The highest BCUT2D eigenvalue weighted by molar-refractivity contribution is 6.34. The first-order valence-electron chi connectivity index (χ1n) is 6.56. The van der Waals surface area contributed by atoms with Crippen molar-refractivity contribution in [3.05, 3.63) is 46.5 Å². The van der Waals surface area contributed by atoms with Gasteiger partial charge >= 0.3 is 6.18 Å². The number of nitrogens with one attached hydrogen (secondary N) is 2. The van der Waals surface area contributed by atoms with Crippen molar-refractivity contribution in [2.24, 2.45) is 0 Å². The van der Waals surface area contributed by atoms with Gasteiger partial charge in [0.1, 0.15) is 11.4 Å². The largest absolute Gasteiger partial charge is 0.420 e. The molecular formula is C15H11F4N3O. The number of halogens is 4. The molecule has 1 aliphatic rings. The first kappa shape index (κ1) is 15.1. The number of aryl methyl sites for hydroxylation is 1. The number of nitrogen functional groups attached to an aromatic ring is 1. The molecule has 120 valence electrons.